The van der Waals surface area contributed by atoms with Crippen LogP contribution < -0.4 is 10.6 Å². The number of amides is 1. The van der Waals surface area contributed by atoms with Gasteiger partial charge in [-0.2, -0.15) is 0 Å². The standard InChI is InChI=1S/C10H18N2O/c1-11-2-3-12-10(13)9-5-7-4-8(7)6-9/h7-9,11H,2-6H2,1H3,(H,12,13). The normalized spacial score (nSPS) is 35.6. The predicted molar refractivity (Wildman–Crippen MR) is 51.3 cm³/mol. The lowest BCUT2D eigenvalue weighted by atomic mass is 10.0. The van der Waals surface area contributed by atoms with E-state index in [-0.39, 0.29) is 5.91 Å². The maximum atomic E-state index is 11.5. The third kappa shape index (κ3) is 2.02. The summed E-state index contributed by atoms with van der Waals surface area (Å²) in [4.78, 5) is 11.5. The minimum Gasteiger partial charge on any atom is -0.355 e. The van der Waals surface area contributed by atoms with E-state index in [9.17, 15) is 4.79 Å². The first-order chi connectivity index (χ1) is 6.31. The third-order valence-electron chi connectivity index (χ3n) is 3.29. The molecule has 0 aromatic rings. The first-order valence-corrected chi connectivity index (χ1v) is 5.23. The first-order valence-electron chi connectivity index (χ1n) is 5.23. The highest BCUT2D eigenvalue weighted by Gasteiger charge is 2.47. The van der Waals surface area contributed by atoms with Crippen LogP contribution in [-0.4, -0.2) is 26.0 Å². The molecule has 2 atom stereocenters. The molecular weight excluding hydrogens is 164 g/mol. The molecule has 2 unspecified atom stereocenters. The minimum absolute atomic E-state index is 0.280. The van der Waals surface area contributed by atoms with Gasteiger partial charge in [0.15, 0.2) is 0 Å². The van der Waals surface area contributed by atoms with E-state index in [0.29, 0.717) is 5.92 Å². The van der Waals surface area contributed by atoms with Gasteiger partial charge in [0.25, 0.3) is 0 Å². The van der Waals surface area contributed by atoms with Crippen molar-refractivity contribution in [2.24, 2.45) is 17.8 Å². The number of carbonyl (C=O) groups excluding carboxylic acids is 1. The number of fused-ring (bicyclic) bond motifs is 1. The number of hydrogen-bond acceptors (Lipinski definition) is 2. The maximum absolute atomic E-state index is 11.5. The molecule has 2 aliphatic rings. The van der Waals surface area contributed by atoms with Gasteiger partial charge in [-0.15, -0.1) is 0 Å². The van der Waals surface area contributed by atoms with Crippen molar-refractivity contribution >= 4 is 5.91 Å². The molecule has 2 N–H and O–H groups in total. The molecule has 0 aromatic carbocycles. The van der Waals surface area contributed by atoms with Crippen LogP contribution in [0.4, 0.5) is 0 Å². The van der Waals surface area contributed by atoms with Crippen molar-refractivity contribution in [2.75, 3.05) is 20.1 Å². The van der Waals surface area contributed by atoms with Gasteiger partial charge in [0.05, 0.1) is 0 Å². The number of carbonyl (C=O) groups is 1. The van der Waals surface area contributed by atoms with Crippen LogP contribution in [0.3, 0.4) is 0 Å². The average molecular weight is 182 g/mol. The van der Waals surface area contributed by atoms with E-state index in [0.717, 1.165) is 37.8 Å². The lowest BCUT2D eigenvalue weighted by Crippen LogP contribution is -2.34. The highest BCUT2D eigenvalue weighted by atomic mass is 16.1. The Hall–Kier alpha value is -0.570. The Bertz CT molecular complexity index is 195. The molecule has 2 fully saturated rings. The lowest BCUT2D eigenvalue weighted by molar-refractivity contribution is -0.125. The van der Waals surface area contributed by atoms with Gasteiger partial charge in [-0.3, -0.25) is 4.79 Å². The summed E-state index contributed by atoms with van der Waals surface area (Å²) in [5, 5.41) is 5.98. The second kappa shape index (κ2) is 3.66. The van der Waals surface area contributed by atoms with Crippen molar-refractivity contribution in [3.8, 4) is 0 Å². The zero-order valence-electron chi connectivity index (χ0n) is 8.18. The molecule has 3 nitrogen and oxygen atoms in total. The predicted octanol–water partition coefficient (Wildman–Crippen LogP) is 0.368. The summed E-state index contributed by atoms with van der Waals surface area (Å²) in [6.07, 6.45) is 3.69. The van der Waals surface area contributed by atoms with E-state index < -0.39 is 0 Å². The molecule has 0 radical (unpaired) electrons. The molecule has 2 rings (SSSR count). The summed E-state index contributed by atoms with van der Waals surface area (Å²) >= 11 is 0. The van der Waals surface area contributed by atoms with Crippen LogP contribution in [0.25, 0.3) is 0 Å². The van der Waals surface area contributed by atoms with Gasteiger partial charge in [-0.1, -0.05) is 0 Å². The molecule has 0 spiro atoms. The zero-order chi connectivity index (χ0) is 9.26. The monoisotopic (exact) mass is 182 g/mol. The Morgan fingerprint density at radius 3 is 2.54 bits per heavy atom. The fourth-order valence-electron chi connectivity index (χ4n) is 2.38. The lowest BCUT2D eigenvalue weighted by Gasteiger charge is -2.11. The Morgan fingerprint density at radius 2 is 1.92 bits per heavy atom. The number of nitrogens with one attached hydrogen (secondary N) is 2. The van der Waals surface area contributed by atoms with E-state index >= 15 is 0 Å². The average Bonchev–Trinajstić information content (AvgIpc) is 2.74. The Balaban J connectivity index is 1.66. The van der Waals surface area contributed by atoms with E-state index in [1.165, 1.54) is 6.42 Å². The van der Waals surface area contributed by atoms with E-state index in [4.69, 9.17) is 0 Å². The van der Waals surface area contributed by atoms with Gasteiger partial charge in [0.1, 0.15) is 0 Å². The number of rotatable bonds is 4. The minimum atomic E-state index is 0.280. The fraction of sp³-hybridized carbons (Fsp3) is 0.900. The molecular formula is C10H18N2O. The quantitative estimate of drug-likeness (QED) is 0.617. The summed E-state index contributed by atoms with van der Waals surface area (Å²) in [5.41, 5.74) is 0. The molecule has 0 heterocycles. The summed E-state index contributed by atoms with van der Waals surface area (Å²) in [6, 6.07) is 0. The molecule has 3 heteroatoms. The Kier molecular flexibility index (Phi) is 2.54. The molecule has 74 valence electrons. The van der Waals surface area contributed by atoms with Crippen molar-refractivity contribution in [3.05, 3.63) is 0 Å². The van der Waals surface area contributed by atoms with E-state index in [1.54, 1.807) is 0 Å². The van der Waals surface area contributed by atoms with E-state index in [2.05, 4.69) is 10.6 Å². The molecule has 0 saturated heterocycles. The Labute approximate surface area is 79.3 Å². The van der Waals surface area contributed by atoms with Gasteiger partial charge < -0.3 is 10.6 Å². The second-order valence-corrected chi connectivity index (χ2v) is 4.32. The number of hydrogen-bond donors (Lipinski definition) is 2. The molecule has 13 heavy (non-hydrogen) atoms. The summed E-state index contributed by atoms with van der Waals surface area (Å²) in [5.74, 6) is 2.42. The molecule has 2 saturated carbocycles. The first kappa shape index (κ1) is 9.00. The number of likely N-dealkylation sites (N-methyl/N-ethyl adjacent to an activating group) is 1. The fourth-order valence-corrected chi connectivity index (χ4v) is 2.38. The van der Waals surface area contributed by atoms with E-state index in [1.807, 2.05) is 7.05 Å². The van der Waals surface area contributed by atoms with Crippen LogP contribution in [0.2, 0.25) is 0 Å². The van der Waals surface area contributed by atoms with Crippen LogP contribution in [-0.2, 0) is 4.79 Å². The van der Waals surface area contributed by atoms with Crippen LogP contribution in [0.15, 0.2) is 0 Å². The highest BCUT2D eigenvalue weighted by molar-refractivity contribution is 5.79. The molecule has 0 aliphatic heterocycles. The van der Waals surface area contributed by atoms with Gasteiger partial charge in [0, 0.05) is 19.0 Å². The zero-order valence-corrected chi connectivity index (χ0v) is 8.18. The van der Waals surface area contributed by atoms with Crippen LogP contribution >= 0.6 is 0 Å². The summed E-state index contributed by atoms with van der Waals surface area (Å²) < 4.78 is 0. The molecule has 2 aliphatic carbocycles. The molecule has 1 amide bonds. The van der Waals surface area contributed by atoms with Crippen LogP contribution in [0.5, 0.6) is 0 Å². The van der Waals surface area contributed by atoms with Gasteiger partial charge in [0.2, 0.25) is 5.91 Å². The van der Waals surface area contributed by atoms with Crippen LogP contribution in [0.1, 0.15) is 19.3 Å². The molecule has 0 aromatic heterocycles. The van der Waals surface area contributed by atoms with Crippen molar-refractivity contribution < 1.29 is 4.79 Å². The Morgan fingerprint density at radius 1 is 1.23 bits per heavy atom. The maximum Gasteiger partial charge on any atom is 0.223 e. The topological polar surface area (TPSA) is 41.1 Å². The summed E-state index contributed by atoms with van der Waals surface area (Å²) in [7, 11) is 1.90. The smallest absolute Gasteiger partial charge is 0.223 e. The van der Waals surface area contributed by atoms with Crippen molar-refractivity contribution in [1.82, 2.24) is 10.6 Å². The third-order valence-corrected chi connectivity index (χ3v) is 3.29. The van der Waals surface area contributed by atoms with Crippen molar-refractivity contribution in [3.63, 3.8) is 0 Å². The van der Waals surface area contributed by atoms with Crippen LogP contribution in [0, 0.1) is 17.8 Å². The van der Waals surface area contributed by atoms with Crippen molar-refractivity contribution in [1.29, 1.82) is 0 Å². The summed E-state index contributed by atoms with van der Waals surface area (Å²) in [6.45, 7) is 1.63. The van der Waals surface area contributed by atoms with Gasteiger partial charge >= 0.3 is 0 Å². The largest absolute Gasteiger partial charge is 0.355 e. The highest BCUT2D eigenvalue weighted by Crippen LogP contribution is 2.54. The van der Waals surface area contributed by atoms with Gasteiger partial charge in [-0.25, -0.2) is 0 Å². The van der Waals surface area contributed by atoms with Gasteiger partial charge in [-0.05, 0) is 38.1 Å². The SMILES string of the molecule is CNCCNC(=O)C1CC2CC2C1. The second-order valence-electron chi connectivity index (χ2n) is 4.32. The molecule has 0 bridgehead atoms. The van der Waals surface area contributed by atoms with Crippen molar-refractivity contribution in [2.45, 2.75) is 19.3 Å².